The summed E-state index contributed by atoms with van der Waals surface area (Å²) in [6, 6.07) is 18.1. The zero-order chi connectivity index (χ0) is 23.5. The first-order valence-corrected chi connectivity index (χ1v) is 10.3. The third-order valence-corrected chi connectivity index (χ3v) is 5.54. The number of rotatable bonds is 6. The number of halogens is 1. The zero-order valence-electron chi connectivity index (χ0n) is 17.7. The SMILES string of the molecule is C[C@@H](NC(=O)OCC1c2ccccc2-c2ccccc21)C(=O)Nc1ccc(C(=O)O)c(F)c1. The fourth-order valence-electron chi connectivity index (χ4n) is 3.90. The molecule has 8 heteroatoms. The van der Waals surface area contributed by atoms with Gasteiger partial charge in [0.15, 0.2) is 0 Å². The second-order valence-corrected chi connectivity index (χ2v) is 7.68. The molecule has 0 bridgehead atoms. The van der Waals surface area contributed by atoms with Gasteiger partial charge in [0.25, 0.3) is 0 Å². The summed E-state index contributed by atoms with van der Waals surface area (Å²) in [5.74, 6) is -3.10. The molecule has 168 valence electrons. The molecule has 3 N–H and O–H groups in total. The molecule has 1 aliphatic rings. The highest BCUT2D eigenvalue weighted by atomic mass is 19.1. The lowest BCUT2D eigenvalue weighted by Crippen LogP contribution is -2.42. The minimum atomic E-state index is -1.41. The van der Waals surface area contributed by atoms with E-state index in [-0.39, 0.29) is 18.2 Å². The minimum Gasteiger partial charge on any atom is -0.478 e. The number of carbonyl (C=O) groups is 3. The lowest BCUT2D eigenvalue weighted by molar-refractivity contribution is -0.117. The largest absolute Gasteiger partial charge is 0.478 e. The first-order chi connectivity index (χ1) is 15.8. The Bertz CT molecular complexity index is 1200. The average molecular weight is 448 g/mol. The number of anilines is 1. The Balaban J connectivity index is 1.35. The van der Waals surface area contributed by atoms with Gasteiger partial charge in [-0.2, -0.15) is 0 Å². The first kappa shape index (κ1) is 22.0. The maximum Gasteiger partial charge on any atom is 0.407 e. The second kappa shape index (κ2) is 9.12. The van der Waals surface area contributed by atoms with E-state index in [0.717, 1.165) is 34.4 Å². The van der Waals surface area contributed by atoms with E-state index >= 15 is 0 Å². The molecule has 0 saturated heterocycles. The minimum absolute atomic E-state index is 0.0729. The summed E-state index contributed by atoms with van der Waals surface area (Å²) in [5, 5.41) is 13.8. The van der Waals surface area contributed by atoms with Crippen molar-refractivity contribution in [3.63, 3.8) is 0 Å². The number of ether oxygens (including phenoxy) is 1. The van der Waals surface area contributed by atoms with E-state index in [1.165, 1.54) is 13.0 Å². The Morgan fingerprint density at radius 3 is 2.18 bits per heavy atom. The molecule has 3 aromatic rings. The summed E-state index contributed by atoms with van der Waals surface area (Å²) < 4.78 is 19.2. The van der Waals surface area contributed by atoms with Crippen LogP contribution in [0, 0.1) is 5.82 Å². The Morgan fingerprint density at radius 2 is 1.61 bits per heavy atom. The summed E-state index contributed by atoms with van der Waals surface area (Å²) in [6.45, 7) is 1.56. The molecular weight excluding hydrogens is 427 g/mol. The van der Waals surface area contributed by atoms with E-state index < -0.39 is 35.4 Å². The summed E-state index contributed by atoms with van der Waals surface area (Å²) >= 11 is 0. The number of carboxylic acids is 1. The van der Waals surface area contributed by atoms with Crippen molar-refractivity contribution in [3.8, 4) is 11.1 Å². The molecule has 0 aromatic heterocycles. The molecule has 7 nitrogen and oxygen atoms in total. The Morgan fingerprint density at radius 1 is 1.00 bits per heavy atom. The number of nitrogens with one attached hydrogen (secondary N) is 2. The Hall–Kier alpha value is -4.20. The van der Waals surface area contributed by atoms with Gasteiger partial charge >= 0.3 is 12.1 Å². The summed E-state index contributed by atoms with van der Waals surface area (Å²) in [4.78, 5) is 35.6. The van der Waals surface area contributed by atoms with Crippen molar-refractivity contribution >= 4 is 23.7 Å². The molecule has 0 saturated carbocycles. The summed E-state index contributed by atoms with van der Waals surface area (Å²) in [7, 11) is 0. The fraction of sp³-hybridized carbons (Fsp3) is 0.160. The van der Waals surface area contributed by atoms with Crippen LogP contribution in [0.5, 0.6) is 0 Å². The molecule has 1 atom stereocenters. The van der Waals surface area contributed by atoms with E-state index in [4.69, 9.17) is 9.84 Å². The van der Waals surface area contributed by atoms with Gasteiger partial charge in [-0.25, -0.2) is 14.0 Å². The van der Waals surface area contributed by atoms with Crippen LogP contribution in [-0.2, 0) is 9.53 Å². The predicted octanol–water partition coefficient (Wildman–Crippen LogP) is 4.39. The molecule has 3 aromatic carbocycles. The maximum absolute atomic E-state index is 13.8. The number of carboxylic acid groups (broad SMARTS) is 1. The normalized spacial score (nSPS) is 12.9. The van der Waals surface area contributed by atoms with Crippen LogP contribution in [0.3, 0.4) is 0 Å². The van der Waals surface area contributed by atoms with E-state index in [1.54, 1.807) is 0 Å². The third-order valence-electron chi connectivity index (χ3n) is 5.54. The molecule has 2 amide bonds. The van der Waals surface area contributed by atoms with Crippen LogP contribution >= 0.6 is 0 Å². The summed E-state index contributed by atoms with van der Waals surface area (Å²) in [5.41, 5.74) is 3.93. The number of aromatic carboxylic acids is 1. The van der Waals surface area contributed by atoms with Gasteiger partial charge in [0.05, 0.1) is 5.56 Å². The van der Waals surface area contributed by atoms with Gasteiger partial charge in [-0.3, -0.25) is 4.79 Å². The van der Waals surface area contributed by atoms with E-state index in [0.29, 0.717) is 0 Å². The van der Waals surface area contributed by atoms with Gasteiger partial charge in [0.2, 0.25) is 5.91 Å². The number of benzene rings is 3. The highest BCUT2D eigenvalue weighted by Gasteiger charge is 2.29. The molecule has 0 fully saturated rings. The van der Waals surface area contributed by atoms with E-state index in [9.17, 15) is 18.8 Å². The van der Waals surface area contributed by atoms with E-state index in [1.807, 2.05) is 48.5 Å². The molecule has 1 aliphatic carbocycles. The number of hydrogen-bond donors (Lipinski definition) is 3. The number of fused-ring (bicyclic) bond motifs is 3. The highest BCUT2D eigenvalue weighted by molar-refractivity contribution is 5.97. The topological polar surface area (TPSA) is 105 Å². The third kappa shape index (κ3) is 4.55. The second-order valence-electron chi connectivity index (χ2n) is 7.68. The monoisotopic (exact) mass is 448 g/mol. The Labute approximate surface area is 189 Å². The highest BCUT2D eigenvalue weighted by Crippen LogP contribution is 2.44. The van der Waals surface area contributed by atoms with Gasteiger partial charge in [-0.05, 0) is 47.4 Å². The number of alkyl carbamates (subject to hydrolysis) is 1. The van der Waals surface area contributed by atoms with Gasteiger partial charge in [0, 0.05) is 11.6 Å². The van der Waals surface area contributed by atoms with Gasteiger partial charge in [-0.1, -0.05) is 48.5 Å². The zero-order valence-corrected chi connectivity index (χ0v) is 17.7. The van der Waals surface area contributed by atoms with Crippen molar-refractivity contribution in [3.05, 3.63) is 89.2 Å². The van der Waals surface area contributed by atoms with Gasteiger partial charge in [0.1, 0.15) is 18.5 Å². The Kier molecular flexibility index (Phi) is 6.08. The summed E-state index contributed by atoms with van der Waals surface area (Å²) in [6.07, 6.45) is -0.757. The van der Waals surface area contributed by atoms with Gasteiger partial charge < -0.3 is 20.5 Å². The van der Waals surface area contributed by atoms with Crippen molar-refractivity contribution in [1.29, 1.82) is 0 Å². The maximum atomic E-state index is 13.8. The lowest BCUT2D eigenvalue weighted by Gasteiger charge is -2.17. The van der Waals surface area contributed by atoms with Crippen LogP contribution < -0.4 is 10.6 Å². The van der Waals surface area contributed by atoms with E-state index in [2.05, 4.69) is 10.6 Å². The van der Waals surface area contributed by atoms with Crippen molar-refractivity contribution < 1.29 is 28.6 Å². The quantitative estimate of drug-likeness (QED) is 0.519. The molecule has 4 rings (SSSR count). The molecule has 33 heavy (non-hydrogen) atoms. The first-order valence-electron chi connectivity index (χ1n) is 10.3. The molecule has 0 heterocycles. The molecule has 0 aliphatic heterocycles. The smallest absolute Gasteiger partial charge is 0.407 e. The van der Waals surface area contributed by atoms with Crippen molar-refractivity contribution in [2.45, 2.75) is 18.9 Å². The number of amides is 2. The van der Waals surface area contributed by atoms with Gasteiger partial charge in [-0.15, -0.1) is 0 Å². The van der Waals surface area contributed by atoms with Crippen LogP contribution in [0.2, 0.25) is 0 Å². The standard InChI is InChI=1S/C25H21FN2O5/c1-14(23(29)28-15-10-11-20(24(30)31)22(26)12-15)27-25(32)33-13-21-18-8-4-2-6-16(18)17-7-3-5-9-19(17)21/h2-12,14,21H,13H2,1H3,(H,27,32)(H,28,29)(H,30,31)/t14-/m1/s1. The van der Waals surface area contributed by atoms with Crippen molar-refractivity contribution in [2.75, 3.05) is 11.9 Å². The number of carbonyl (C=O) groups excluding carboxylic acids is 2. The molecule has 0 spiro atoms. The van der Waals surface area contributed by atoms with Crippen molar-refractivity contribution in [2.24, 2.45) is 0 Å². The van der Waals surface area contributed by atoms with Crippen molar-refractivity contribution in [1.82, 2.24) is 5.32 Å². The number of hydrogen-bond acceptors (Lipinski definition) is 4. The average Bonchev–Trinajstić information content (AvgIpc) is 3.11. The van der Waals surface area contributed by atoms with Crippen LogP contribution in [0.4, 0.5) is 14.9 Å². The molecule has 0 radical (unpaired) electrons. The molecular formula is C25H21FN2O5. The molecule has 0 unspecified atom stereocenters. The van der Waals surface area contributed by atoms with Crippen LogP contribution in [0.25, 0.3) is 11.1 Å². The lowest BCUT2D eigenvalue weighted by atomic mass is 9.98. The van der Waals surface area contributed by atoms with Crippen LogP contribution in [0.15, 0.2) is 66.7 Å². The van der Waals surface area contributed by atoms with Crippen LogP contribution in [-0.4, -0.2) is 35.7 Å². The van der Waals surface area contributed by atoms with Crippen LogP contribution in [0.1, 0.15) is 34.3 Å². The fourth-order valence-corrected chi connectivity index (χ4v) is 3.90. The predicted molar refractivity (Wildman–Crippen MR) is 120 cm³/mol.